The molecule has 2 aliphatic rings. The van der Waals surface area contributed by atoms with E-state index in [-0.39, 0.29) is 6.10 Å². The summed E-state index contributed by atoms with van der Waals surface area (Å²) < 4.78 is 18.8. The van der Waals surface area contributed by atoms with Gasteiger partial charge in [0, 0.05) is 18.0 Å². The van der Waals surface area contributed by atoms with Gasteiger partial charge in [0.05, 0.1) is 30.4 Å². The molecule has 2 aromatic carbocycles. The van der Waals surface area contributed by atoms with Crippen LogP contribution < -0.4 is 4.74 Å². The monoisotopic (exact) mass is 489 g/mol. The first-order valence-electron chi connectivity index (χ1n) is 11.4. The fourth-order valence-corrected chi connectivity index (χ4v) is 5.00. The summed E-state index contributed by atoms with van der Waals surface area (Å²) >= 11 is 6.57. The van der Waals surface area contributed by atoms with Crippen molar-refractivity contribution in [2.75, 3.05) is 19.8 Å². The van der Waals surface area contributed by atoms with Crippen molar-refractivity contribution in [1.29, 1.82) is 0 Å². The van der Waals surface area contributed by atoms with Gasteiger partial charge in [-0.1, -0.05) is 29.8 Å². The van der Waals surface area contributed by atoms with E-state index in [1.807, 2.05) is 36.5 Å². The minimum atomic E-state index is -1.46. The van der Waals surface area contributed by atoms with Crippen LogP contribution in [0.4, 0.5) is 0 Å². The Morgan fingerprint density at radius 1 is 1.03 bits per heavy atom. The van der Waals surface area contributed by atoms with E-state index in [2.05, 4.69) is 0 Å². The Balaban J connectivity index is 1.44. The zero-order valence-electron chi connectivity index (χ0n) is 18.5. The summed E-state index contributed by atoms with van der Waals surface area (Å²) in [6.45, 7) is 0.843. The van der Waals surface area contributed by atoms with E-state index in [4.69, 9.17) is 25.8 Å². The molecule has 0 spiro atoms. The van der Waals surface area contributed by atoms with Gasteiger partial charge in [-0.25, -0.2) is 0 Å². The SMILES string of the molecule is OC[C@H]1O[C@@H](n2cc(Cc3ccc(OC4CCOC4)cc3)c3c(Cl)cccc32)[C@H](O)[C@@H](O)[C@@H]1O. The standard InChI is InChI=1S/C25H28ClNO7/c26-18-2-1-3-19-21(18)15(10-14-4-6-16(7-5-14)33-17-8-9-32-13-17)11-27(19)25-24(31)23(30)22(29)20(12-28)34-25/h1-7,11,17,20,22-25,28-31H,8-10,12-13H2/t17?,20-,22-,23+,24-,25-/m1/s1. The normalized spacial score (nSPS) is 29.6. The van der Waals surface area contributed by atoms with E-state index in [9.17, 15) is 20.4 Å². The van der Waals surface area contributed by atoms with Crippen LogP contribution in [0.3, 0.4) is 0 Å². The summed E-state index contributed by atoms with van der Waals surface area (Å²) in [5.74, 6) is 0.793. The molecule has 3 aromatic rings. The molecule has 182 valence electrons. The van der Waals surface area contributed by atoms with Crippen LogP contribution in [0.5, 0.6) is 5.75 Å². The summed E-state index contributed by atoms with van der Waals surface area (Å²) in [5.41, 5.74) is 2.67. The third-order valence-electron chi connectivity index (χ3n) is 6.54. The first kappa shape index (κ1) is 23.6. The topological polar surface area (TPSA) is 114 Å². The highest BCUT2D eigenvalue weighted by Gasteiger charge is 2.44. The largest absolute Gasteiger partial charge is 0.488 e. The zero-order chi connectivity index (χ0) is 23.8. The van der Waals surface area contributed by atoms with Crippen molar-refractivity contribution < 1.29 is 34.6 Å². The lowest BCUT2D eigenvalue weighted by Gasteiger charge is -2.40. The van der Waals surface area contributed by atoms with Crippen molar-refractivity contribution in [3.8, 4) is 5.75 Å². The van der Waals surface area contributed by atoms with Gasteiger partial charge in [0.1, 0.15) is 36.3 Å². The lowest BCUT2D eigenvalue weighted by molar-refractivity contribution is -0.250. The van der Waals surface area contributed by atoms with E-state index in [1.54, 1.807) is 16.7 Å². The van der Waals surface area contributed by atoms with E-state index >= 15 is 0 Å². The summed E-state index contributed by atoms with van der Waals surface area (Å²) in [4.78, 5) is 0. The van der Waals surface area contributed by atoms with Gasteiger partial charge in [0.25, 0.3) is 0 Å². The molecular weight excluding hydrogens is 462 g/mol. The van der Waals surface area contributed by atoms with Gasteiger partial charge < -0.3 is 39.2 Å². The summed E-state index contributed by atoms with van der Waals surface area (Å²) in [6.07, 6.45) is -2.90. The molecule has 2 saturated heterocycles. The summed E-state index contributed by atoms with van der Waals surface area (Å²) in [7, 11) is 0. The van der Waals surface area contributed by atoms with Crippen LogP contribution in [-0.2, 0) is 15.9 Å². The maximum atomic E-state index is 10.7. The smallest absolute Gasteiger partial charge is 0.163 e. The average Bonchev–Trinajstić information content (AvgIpc) is 3.48. The van der Waals surface area contributed by atoms with Crippen LogP contribution in [0.2, 0.25) is 5.02 Å². The van der Waals surface area contributed by atoms with Crippen molar-refractivity contribution in [1.82, 2.24) is 4.57 Å². The Bertz CT molecular complexity index is 1130. The van der Waals surface area contributed by atoms with E-state index < -0.39 is 37.3 Å². The van der Waals surface area contributed by atoms with Crippen LogP contribution in [0, 0.1) is 0 Å². The minimum absolute atomic E-state index is 0.0844. The Labute approximate surface area is 201 Å². The summed E-state index contributed by atoms with van der Waals surface area (Å²) in [6, 6.07) is 13.3. The molecule has 0 bridgehead atoms. The highest BCUT2D eigenvalue weighted by Crippen LogP contribution is 2.36. The molecule has 0 amide bonds. The lowest BCUT2D eigenvalue weighted by Crippen LogP contribution is -2.56. The number of aliphatic hydroxyl groups is 4. The van der Waals surface area contributed by atoms with Gasteiger partial charge in [-0.15, -0.1) is 0 Å². The van der Waals surface area contributed by atoms with Crippen molar-refractivity contribution in [3.63, 3.8) is 0 Å². The van der Waals surface area contributed by atoms with Crippen molar-refractivity contribution in [3.05, 3.63) is 64.8 Å². The molecule has 0 radical (unpaired) electrons. The van der Waals surface area contributed by atoms with Crippen LogP contribution in [-0.4, -0.2) is 75.3 Å². The Hall–Kier alpha value is -2.17. The molecule has 4 N–H and O–H groups in total. The molecule has 5 rings (SSSR count). The molecule has 8 nitrogen and oxygen atoms in total. The Morgan fingerprint density at radius 2 is 1.82 bits per heavy atom. The number of nitrogens with zero attached hydrogens (tertiary/aromatic N) is 1. The maximum Gasteiger partial charge on any atom is 0.163 e. The van der Waals surface area contributed by atoms with E-state index in [1.165, 1.54) is 0 Å². The molecule has 34 heavy (non-hydrogen) atoms. The van der Waals surface area contributed by atoms with Gasteiger partial charge in [0.2, 0.25) is 0 Å². The van der Waals surface area contributed by atoms with Crippen LogP contribution in [0.1, 0.15) is 23.8 Å². The Morgan fingerprint density at radius 3 is 2.53 bits per heavy atom. The molecule has 1 unspecified atom stereocenters. The number of fused-ring (bicyclic) bond motifs is 1. The number of aromatic nitrogens is 1. The maximum absolute atomic E-state index is 10.7. The predicted octanol–water partition coefficient (Wildman–Crippen LogP) is 2.03. The highest BCUT2D eigenvalue weighted by atomic mass is 35.5. The molecule has 2 fully saturated rings. The molecule has 0 aliphatic carbocycles. The van der Waals surface area contributed by atoms with Crippen LogP contribution >= 0.6 is 11.6 Å². The highest BCUT2D eigenvalue weighted by molar-refractivity contribution is 6.35. The third-order valence-corrected chi connectivity index (χ3v) is 6.85. The van der Waals surface area contributed by atoms with Crippen molar-refractivity contribution >= 4 is 22.5 Å². The van der Waals surface area contributed by atoms with Gasteiger partial charge in [-0.05, 0) is 41.8 Å². The second kappa shape index (κ2) is 9.83. The first-order valence-corrected chi connectivity index (χ1v) is 11.8. The van der Waals surface area contributed by atoms with Crippen LogP contribution in [0.15, 0.2) is 48.7 Å². The predicted molar refractivity (Wildman–Crippen MR) is 125 cm³/mol. The van der Waals surface area contributed by atoms with E-state index in [0.717, 1.165) is 35.3 Å². The summed E-state index contributed by atoms with van der Waals surface area (Å²) in [5, 5.41) is 42.0. The van der Waals surface area contributed by atoms with Gasteiger partial charge in [-0.3, -0.25) is 0 Å². The second-order valence-electron chi connectivity index (χ2n) is 8.84. The van der Waals surface area contributed by atoms with Gasteiger partial charge in [-0.2, -0.15) is 0 Å². The van der Waals surface area contributed by atoms with Crippen molar-refractivity contribution in [2.45, 2.75) is 49.6 Å². The molecule has 3 heterocycles. The molecule has 2 aliphatic heterocycles. The molecule has 0 saturated carbocycles. The van der Waals surface area contributed by atoms with Crippen molar-refractivity contribution in [2.24, 2.45) is 0 Å². The Kier molecular flexibility index (Phi) is 6.81. The van der Waals surface area contributed by atoms with E-state index in [0.29, 0.717) is 23.6 Å². The first-order chi connectivity index (χ1) is 16.5. The molecule has 9 heteroatoms. The fourth-order valence-electron chi connectivity index (χ4n) is 4.71. The van der Waals surface area contributed by atoms with Crippen LogP contribution in [0.25, 0.3) is 10.9 Å². The lowest BCUT2D eigenvalue weighted by atomic mass is 9.98. The quantitative estimate of drug-likeness (QED) is 0.419. The fraction of sp³-hybridized carbons (Fsp3) is 0.440. The number of hydrogen-bond donors (Lipinski definition) is 4. The van der Waals surface area contributed by atoms with Gasteiger partial charge in [0.15, 0.2) is 6.23 Å². The zero-order valence-corrected chi connectivity index (χ0v) is 19.2. The third kappa shape index (κ3) is 4.43. The molecule has 1 aromatic heterocycles. The van der Waals surface area contributed by atoms with Gasteiger partial charge >= 0.3 is 0 Å². The number of aliphatic hydroxyl groups excluding tert-OH is 4. The number of benzene rings is 2. The number of ether oxygens (including phenoxy) is 3. The second-order valence-corrected chi connectivity index (χ2v) is 9.25. The molecular formula is C25H28ClNO7. The minimum Gasteiger partial charge on any atom is -0.488 e. The molecule has 6 atom stereocenters. The number of hydrogen-bond acceptors (Lipinski definition) is 7. The average molecular weight is 490 g/mol. The number of rotatable bonds is 6. The number of halogens is 1.